The summed E-state index contributed by atoms with van der Waals surface area (Å²) in [4.78, 5) is 2.22. The summed E-state index contributed by atoms with van der Waals surface area (Å²) in [5.74, 6) is 0.874. The molecule has 0 aliphatic rings. The Morgan fingerprint density at radius 1 is 1.35 bits per heavy atom. The third-order valence-corrected chi connectivity index (χ3v) is 3.64. The first kappa shape index (κ1) is 15.0. The Balaban J connectivity index is 1.99. The molecule has 0 spiro atoms. The van der Waals surface area contributed by atoms with Gasteiger partial charge in [-0.3, -0.25) is 4.90 Å². The highest BCUT2D eigenvalue weighted by molar-refractivity contribution is 6.30. The minimum absolute atomic E-state index is 0.283. The normalized spacial score (nSPS) is 12.8. The van der Waals surface area contributed by atoms with Crippen molar-refractivity contribution in [2.24, 2.45) is 0 Å². The lowest BCUT2D eigenvalue weighted by atomic mass is 10.1. The number of hydrogen-bond acceptors (Lipinski definition) is 4. The van der Waals surface area contributed by atoms with Gasteiger partial charge in [0.1, 0.15) is 0 Å². The number of rotatable bonds is 6. The Bertz CT molecular complexity index is 538. The first-order valence-corrected chi connectivity index (χ1v) is 7.02. The highest BCUT2D eigenvalue weighted by atomic mass is 35.5. The summed E-state index contributed by atoms with van der Waals surface area (Å²) in [6.07, 6.45) is 0. The second-order valence-corrected chi connectivity index (χ2v) is 5.39. The Morgan fingerprint density at radius 3 is 2.70 bits per heavy atom. The molecule has 20 heavy (non-hydrogen) atoms. The van der Waals surface area contributed by atoms with Crippen molar-refractivity contribution < 1.29 is 4.52 Å². The Morgan fingerprint density at radius 2 is 2.05 bits per heavy atom. The molecular weight excluding hydrogens is 274 g/mol. The van der Waals surface area contributed by atoms with Crippen LogP contribution in [0.25, 0.3) is 0 Å². The second kappa shape index (κ2) is 6.88. The van der Waals surface area contributed by atoms with Gasteiger partial charge in [-0.2, -0.15) is 0 Å². The fraction of sp³-hybridized carbons (Fsp3) is 0.400. The molecule has 0 saturated heterocycles. The van der Waals surface area contributed by atoms with E-state index >= 15 is 0 Å². The molecule has 0 aliphatic heterocycles. The zero-order valence-electron chi connectivity index (χ0n) is 12.1. The van der Waals surface area contributed by atoms with Crippen molar-refractivity contribution in [3.63, 3.8) is 0 Å². The first-order chi connectivity index (χ1) is 9.60. The van der Waals surface area contributed by atoms with Gasteiger partial charge in [0.25, 0.3) is 0 Å². The molecule has 1 heterocycles. The van der Waals surface area contributed by atoms with Crippen molar-refractivity contribution in [2.45, 2.75) is 26.1 Å². The molecule has 1 unspecified atom stereocenters. The molecular formula is C15H20ClN3O. The lowest BCUT2D eigenvalue weighted by Crippen LogP contribution is -2.21. The molecule has 1 atom stereocenters. The Kier molecular flexibility index (Phi) is 5.17. The summed E-state index contributed by atoms with van der Waals surface area (Å²) in [5.41, 5.74) is 2.15. The minimum Gasteiger partial charge on any atom is -0.360 e. The molecule has 2 rings (SSSR count). The molecule has 1 aromatic carbocycles. The molecule has 108 valence electrons. The van der Waals surface area contributed by atoms with Crippen molar-refractivity contribution in [3.05, 3.63) is 52.4 Å². The molecule has 0 amide bonds. The van der Waals surface area contributed by atoms with Gasteiger partial charge < -0.3 is 9.84 Å². The van der Waals surface area contributed by atoms with Gasteiger partial charge in [-0.15, -0.1) is 0 Å². The van der Waals surface area contributed by atoms with Crippen LogP contribution in [0.1, 0.15) is 30.0 Å². The zero-order chi connectivity index (χ0) is 14.5. The van der Waals surface area contributed by atoms with E-state index in [1.165, 1.54) is 5.56 Å². The van der Waals surface area contributed by atoms with Crippen molar-refractivity contribution in [3.8, 4) is 0 Å². The molecule has 5 heteroatoms. The van der Waals surface area contributed by atoms with Crippen molar-refractivity contribution in [1.82, 2.24) is 15.4 Å². The topological polar surface area (TPSA) is 41.3 Å². The van der Waals surface area contributed by atoms with Crippen molar-refractivity contribution >= 4 is 11.6 Å². The monoisotopic (exact) mass is 293 g/mol. The maximum atomic E-state index is 5.92. The first-order valence-electron chi connectivity index (χ1n) is 6.65. The summed E-state index contributed by atoms with van der Waals surface area (Å²) in [7, 11) is 3.96. The molecule has 1 N–H and O–H groups in total. The molecule has 2 aromatic rings. The van der Waals surface area contributed by atoms with Crippen LogP contribution < -0.4 is 5.32 Å². The highest BCUT2D eigenvalue weighted by Crippen LogP contribution is 2.22. The van der Waals surface area contributed by atoms with E-state index in [0.29, 0.717) is 0 Å². The lowest BCUT2D eigenvalue weighted by Gasteiger charge is -2.23. The third-order valence-electron chi connectivity index (χ3n) is 3.38. The fourth-order valence-electron chi connectivity index (χ4n) is 2.07. The molecule has 0 saturated carbocycles. The smallest absolute Gasteiger partial charge is 0.151 e. The summed E-state index contributed by atoms with van der Waals surface area (Å²) in [6, 6.07) is 10.2. The second-order valence-electron chi connectivity index (χ2n) is 4.96. The SMILES string of the molecule is CNCc1cc(CN(C)C(C)c2ccc(Cl)cc2)on1. The fourth-order valence-corrected chi connectivity index (χ4v) is 2.20. The molecule has 0 aliphatic carbocycles. The van der Waals surface area contributed by atoms with Crippen LogP contribution in [0.15, 0.2) is 34.9 Å². The maximum Gasteiger partial charge on any atom is 0.151 e. The van der Waals surface area contributed by atoms with Crippen LogP contribution in [-0.4, -0.2) is 24.2 Å². The summed E-state index contributed by atoms with van der Waals surface area (Å²) in [5, 5.41) is 7.84. The minimum atomic E-state index is 0.283. The van der Waals surface area contributed by atoms with Crippen LogP contribution in [0.3, 0.4) is 0 Å². The molecule has 1 aromatic heterocycles. The predicted molar refractivity (Wildman–Crippen MR) is 80.6 cm³/mol. The van der Waals surface area contributed by atoms with Crippen LogP contribution >= 0.6 is 11.6 Å². The van der Waals surface area contributed by atoms with Crippen LogP contribution in [0, 0.1) is 0 Å². The Hall–Kier alpha value is -1.36. The average Bonchev–Trinajstić information content (AvgIpc) is 2.86. The third kappa shape index (κ3) is 3.82. The van der Waals surface area contributed by atoms with Gasteiger partial charge in [0.15, 0.2) is 5.76 Å². The van der Waals surface area contributed by atoms with E-state index in [1.807, 2.05) is 25.2 Å². The standard InChI is InChI=1S/C15H20ClN3O/c1-11(12-4-6-13(16)7-5-12)19(3)10-15-8-14(9-17-2)18-20-15/h4-8,11,17H,9-10H2,1-3H3. The van der Waals surface area contributed by atoms with E-state index in [0.717, 1.165) is 29.6 Å². The summed E-state index contributed by atoms with van der Waals surface area (Å²) >= 11 is 5.92. The zero-order valence-corrected chi connectivity index (χ0v) is 12.8. The number of aromatic nitrogens is 1. The maximum absolute atomic E-state index is 5.92. The van der Waals surface area contributed by atoms with Crippen LogP contribution in [-0.2, 0) is 13.1 Å². The van der Waals surface area contributed by atoms with E-state index in [9.17, 15) is 0 Å². The van der Waals surface area contributed by atoms with E-state index in [1.54, 1.807) is 0 Å². The van der Waals surface area contributed by atoms with Crippen LogP contribution in [0.4, 0.5) is 0 Å². The van der Waals surface area contributed by atoms with E-state index in [4.69, 9.17) is 16.1 Å². The average molecular weight is 294 g/mol. The van der Waals surface area contributed by atoms with Crippen molar-refractivity contribution in [1.29, 1.82) is 0 Å². The van der Waals surface area contributed by atoms with Gasteiger partial charge in [-0.25, -0.2) is 0 Å². The molecule has 0 bridgehead atoms. The molecule has 0 fully saturated rings. The van der Waals surface area contributed by atoms with E-state index in [-0.39, 0.29) is 6.04 Å². The predicted octanol–water partition coefficient (Wildman–Crippen LogP) is 3.24. The summed E-state index contributed by atoms with van der Waals surface area (Å²) in [6.45, 7) is 3.61. The van der Waals surface area contributed by atoms with Crippen LogP contribution in [0.2, 0.25) is 5.02 Å². The lowest BCUT2D eigenvalue weighted by molar-refractivity contribution is 0.220. The van der Waals surface area contributed by atoms with Crippen molar-refractivity contribution in [2.75, 3.05) is 14.1 Å². The quantitative estimate of drug-likeness (QED) is 0.888. The summed E-state index contributed by atoms with van der Waals surface area (Å²) < 4.78 is 5.34. The van der Waals surface area contributed by atoms with E-state index < -0.39 is 0 Å². The van der Waals surface area contributed by atoms with Gasteiger partial charge in [0, 0.05) is 23.7 Å². The van der Waals surface area contributed by atoms with E-state index in [2.05, 4.69) is 41.5 Å². The van der Waals surface area contributed by atoms with Gasteiger partial charge in [0.2, 0.25) is 0 Å². The molecule has 4 nitrogen and oxygen atoms in total. The molecule has 0 radical (unpaired) electrons. The van der Waals surface area contributed by atoms with Gasteiger partial charge in [0.05, 0.1) is 12.2 Å². The Labute approximate surface area is 124 Å². The number of benzene rings is 1. The number of nitrogens with zero attached hydrogens (tertiary/aromatic N) is 2. The number of halogens is 1. The largest absolute Gasteiger partial charge is 0.360 e. The van der Waals surface area contributed by atoms with Gasteiger partial charge in [-0.05, 0) is 38.7 Å². The van der Waals surface area contributed by atoms with Crippen LogP contribution in [0.5, 0.6) is 0 Å². The van der Waals surface area contributed by atoms with Gasteiger partial charge in [-0.1, -0.05) is 28.9 Å². The number of hydrogen-bond donors (Lipinski definition) is 1. The van der Waals surface area contributed by atoms with Gasteiger partial charge >= 0.3 is 0 Å². The highest BCUT2D eigenvalue weighted by Gasteiger charge is 2.14. The number of nitrogens with one attached hydrogen (secondary N) is 1.